The second-order valence-corrected chi connectivity index (χ2v) is 10.2. The molecule has 1 aliphatic rings. The number of likely N-dealkylation sites (N-methyl/N-ethyl adjacent to an activating group) is 1. The molecule has 3 aromatic rings. The summed E-state index contributed by atoms with van der Waals surface area (Å²) in [6.07, 6.45) is 0. The lowest BCUT2D eigenvalue weighted by atomic mass is 10.1. The SMILES string of the molecule is CCN1CCN(c2cc(-c3ccccc3)nc(SCc3cccc(C(=O)NCC(C)C)c3)n2)CC1. The third-order valence-electron chi connectivity index (χ3n) is 6.13. The van der Waals surface area contributed by atoms with Crippen LogP contribution in [0.2, 0.25) is 0 Å². The van der Waals surface area contributed by atoms with E-state index in [0.29, 0.717) is 23.8 Å². The standard InChI is InChI=1S/C28H35N5OS/c1-4-32-13-15-33(16-14-32)26-18-25(23-10-6-5-7-11-23)30-28(31-26)35-20-22-9-8-12-24(17-22)27(34)29-19-21(2)3/h5-12,17-18,21H,4,13-16,19-20H2,1-3H3,(H,29,34). The summed E-state index contributed by atoms with van der Waals surface area (Å²) in [7, 11) is 0. The first-order valence-corrected chi connectivity index (χ1v) is 13.4. The molecule has 35 heavy (non-hydrogen) atoms. The number of piperazine rings is 1. The summed E-state index contributed by atoms with van der Waals surface area (Å²) in [5, 5.41) is 3.76. The fourth-order valence-electron chi connectivity index (χ4n) is 4.04. The normalized spacial score (nSPS) is 14.3. The van der Waals surface area contributed by atoms with Crippen LogP contribution in [0.4, 0.5) is 5.82 Å². The molecular weight excluding hydrogens is 454 g/mol. The van der Waals surface area contributed by atoms with Crippen molar-refractivity contribution in [2.75, 3.05) is 44.2 Å². The van der Waals surface area contributed by atoms with Gasteiger partial charge in [-0.05, 0) is 30.2 Å². The molecule has 1 aromatic heterocycles. The van der Waals surface area contributed by atoms with Gasteiger partial charge in [0.25, 0.3) is 5.91 Å². The van der Waals surface area contributed by atoms with E-state index in [4.69, 9.17) is 9.97 Å². The summed E-state index contributed by atoms with van der Waals surface area (Å²) in [6.45, 7) is 12.2. The Morgan fingerprint density at radius 1 is 1.00 bits per heavy atom. The molecule has 6 nitrogen and oxygen atoms in total. The number of hydrogen-bond donors (Lipinski definition) is 1. The van der Waals surface area contributed by atoms with Gasteiger partial charge in [-0.2, -0.15) is 0 Å². The van der Waals surface area contributed by atoms with E-state index >= 15 is 0 Å². The van der Waals surface area contributed by atoms with Gasteiger partial charge in [-0.3, -0.25) is 4.79 Å². The highest BCUT2D eigenvalue weighted by molar-refractivity contribution is 7.98. The van der Waals surface area contributed by atoms with Crippen LogP contribution in [0.15, 0.2) is 65.8 Å². The van der Waals surface area contributed by atoms with Gasteiger partial charge >= 0.3 is 0 Å². The van der Waals surface area contributed by atoms with E-state index < -0.39 is 0 Å². The van der Waals surface area contributed by atoms with Gasteiger partial charge in [-0.25, -0.2) is 9.97 Å². The topological polar surface area (TPSA) is 61.4 Å². The fourth-order valence-corrected chi connectivity index (χ4v) is 4.83. The first kappa shape index (κ1) is 25.2. The number of hydrogen-bond acceptors (Lipinski definition) is 6. The Bertz CT molecular complexity index is 1110. The van der Waals surface area contributed by atoms with Crippen LogP contribution in [0, 0.1) is 5.92 Å². The molecule has 0 radical (unpaired) electrons. The zero-order chi connectivity index (χ0) is 24.6. The van der Waals surface area contributed by atoms with Crippen LogP contribution in [0.5, 0.6) is 0 Å². The van der Waals surface area contributed by atoms with Crippen LogP contribution in [-0.2, 0) is 5.75 Å². The van der Waals surface area contributed by atoms with Crippen molar-refractivity contribution >= 4 is 23.5 Å². The molecule has 2 heterocycles. The van der Waals surface area contributed by atoms with Crippen LogP contribution in [0.1, 0.15) is 36.7 Å². The van der Waals surface area contributed by atoms with Gasteiger partial charge < -0.3 is 15.1 Å². The number of benzene rings is 2. The highest BCUT2D eigenvalue weighted by Crippen LogP contribution is 2.28. The van der Waals surface area contributed by atoms with E-state index in [2.05, 4.69) is 60.2 Å². The summed E-state index contributed by atoms with van der Waals surface area (Å²) < 4.78 is 0. The summed E-state index contributed by atoms with van der Waals surface area (Å²) in [5.74, 6) is 2.08. The molecule has 0 unspecified atom stereocenters. The number of thioether (sulfide) groups is 1. The third-order valence-corrected chi connectivity index (χ3v) is 7.05. The van der Waals surface area contributed by atoms with E-state index in [1.807, 2.05) is 36.4 Å². The molecule has 184 valence electrons. The van der Waals surface area contributed by atoms with E-state index in [1.54, 1.807) is 11.8 Å². The maximum absolute atomic E-state index is 12.5. The van der Waals surface area contributed by atoms with Gasteiger partial charge in [0.2, 0.25) is 0 Å². The number of amides is 1. The lowest BCUT2D eigenvalue weighted by molar-refractivity contribution is 0.0949. The van der Waals surface area contributed by atoms with Gasteiger partial charge in [0.05, 0.1) is 5.69 Å². The average Bonchev–Trinajstić information content (AvgIpc) is 2.91. The largest absolute Gasteiger partial charge is 0.354 e. The Kier molecular flexibility index (Phi) is 8.77. The number of rotatable bonds is 9. The van der Waals surface area contributed by atoms with Gasteiger partial charge in [0.15, 0.2) is 5.16 Å². The quantitative estimate of drug-likeness (QED) is 0.339. The van der Waals surface area contributed by atoms with Crippen molar-refractivity contribution in [3.63, 3.8) is 0 Å². The minimum absolute atomic E-state index is 0.0265. The maximum Gasteiger partial charge on any atom is 0.251 e. The first-order valence-electron chi connectivity index (χ1n) is 12.4. The van der Waals surface area contributed by atoms with Gasteiger partial charge in [0, 0.05) is 55.7 Å². The smallest absolute Gasteiger partial charge is 0.251 e. The Balaban J connectivity index is 1.52. The Morgan fingerprint density at radius 2 is 1.77 bits per heavy atom. The number of aromatic nitrogens is 2. The fraction of sp³-hybridized carbons (Fsp3) is 0.393. The molecular formula is C28H35N5OS. The summed E-state index contributed by atoms with van der Waals surface area (Å²) >= 11 is 1.61. The number of carbonyl (C=O) groups is 1. The molecule has 4 rings (SSSR count). The minimum Gasteiger partial charge on any atom is -0.354 e. The molecule has 0 bridgehead atoms. The zero-order valence-corrected chi connectivity index (χ0v) is 21.7. The highest BCUT2D eigenvalue weighted by Gasteiger charge is 2.19. The second kappa shape index (κ2) is 12.2. The van der Waals surface area contributed by atoms with E-state index in [0.717, 1.165) is 60.5 Å². The van der Waals surface area contributed by atoms with Crippen LogP contribution >= 0.6 is 11.8 Å². The lowest BCUT2D eigenvalue weighted by Gasteiger charge is -2.35. The number of nitrogens with one attached hydrogen (secondary N) is 1. The molecule has 1 amide bonds. The highest BCUT2D eigenvalue weighted by atomic mass is 32.2. The molecule has 7 heteroatoms. The van der Waals surface area contributed by atoms with Crippen LogP contribution < -0.4 is 10.2 Å². The second-order valence-electron chi connectivity index (χ2n) is 9.27. The van der Waals surface area contributed by atoms with E-state index in [-0.39, 0.29) is 5.91 Å². The van der Waals surface area contributed by atoms with Crippen molar-refractivity contribution in [1.29, 1.82) is 0 Å². The monoisotopic (exact) mass is 489 g/mol. The predicted octanol–water partition coefficient (Wildman–Crippen LogP) is 4.96. The van der Waals surface area contributed by atoms with E-state index in [1.165, 1.54) is 0 Å². The van der Waals surface area contributed by atoms with Crippen molar-refractivity contribution in [3.05, 3.63) is 71.8 Å². The summed E-state index contributed by atoms with van der Waals surface area (Å²) in [6, 6.07) is 20.2. The molecule has 0 saturated carbocycles. The Morgan fingerprint density at radius 3 is 2.49 bits per heavy atom. The summed E-state index contributed by atoms with van der Waals surface area (Å²) in [4.78, 5) is 27.1. The van der Waals surface area contributed by atoms with Crippen LogP contribution in [0.25, 0.3) is 11.3 Å². The molecule has 0 spiro atoms. The number of carbonyl (C=O) groups excluding carboxylic acids is 1. The van der Waals surface area contributed by atoms with Crippen molar-refractivity contribution in [2.24, 2.45) is 5.92 Å². The van der Waals surface area contributed by atoms with Gasteiger partial charge in [-0.1, -0.05) is 75.0 Å². The number of anilines is 1. The number of nitrogens with zero attached hydrogens (tertiary/aromatic N) is 4. The predicted molar refractivity (Wildman–Crippen MR) is 145 cm³/mol. The molecule has 1 saturated heterocycles. The zero-order valence-electron chi connectivity index (χ0n) is 20.9. The van der Waals surface area contributed by atoms with Crippen molar-refractivity contribution in [1.82, 2.24) is 20.2 Å². The van der Waals surface area contributed by atoms with E-state index in [9.17, 15) is 4.79 Å². The lowest BCUT2D eigenvalue weighted by Crippen LogP contribution is -2.46. The van der Waals surface area contributed by atoms with Gasteiger partial charge in [-0.15, -0.1) is 0 Å². The third kappa shape index (κ3) is 7.05. The first-order chi connectivity index (χ1) is 17.0. The molecule has 1 fully saturated rings. The molecule has 1 aliphatic heterocycles. The molecule has 1 N–H and O–H groups in total. The molecule has 0 atom stereocenters. The average molecular weight is 490 g/mol. The van der Waals surface area contributed by atoms with Gasteiger partial charge in [0.1, 0.15) is 5.82 Å². The van der Waals surface area contributed by atoms with Crippen LogP contribution in [0.3, 0.4) is 0 Å². The van der Waals surface area contributed by atoms with Crippen molar-refractivity contribution < 1.29 is 4.79 Å². The van der Waals surface area contributed by atoms with Crippen molar-refractivity contribution in [3.8, 4) is 11.3 Å². The minimum atomic E-state index is -0.0265. The summed E-state index contributed by atoms with van der Waals surface area (Å²) in [5.41, 5.74) is 3.81. The van der Waals surface area contributed by atoms with Crippen LogP contribution in [-0.4, -0.2) is 60.0 Å². The maximum atomic E-state index is 12.5. The molecule has 2 aromatic carbocycles. The molecule has 0 aliphatic carbocycles. The Labute approximate surface area is 213 Å². The van der Waals surface area contributed by atoms with Crippen molar-refractivity contribution in [2.45, 2.75) is 31.7 Å². The Hall–Kier alpha value is -2.90.